The molecule has 382 valence electrons. The molecule has 0 fully saturated rings. The van der Waals surface area contributed by atoms with Gasteiger partial charge in [-0.25, -0.2) is 0 Å². The molecule has 4 aromatic rings. The van der Waals surface area contributed by atoms with Gasteiger partial charge in [0.25, 0.3) is 10.1 Å². The Hall–Kier alpha value is -4.81. The standard InChI is InChI=1S/C60H82N4O5SSi/c1-9-11-19-41-63-51-35-31-45-24-14-16-28-49(45)56(51)59(3,4)53(63)37-33-47-26-22-27-48(58(47)62-39-18-12-13-30-55(65)61-40-23-44-71(7,8)69-10-2)34-38-54-60(5,6)57-50-29-17-15-25-46(50)32-36-52(57)64(54)42-20-21-43-70(66,67)68/h14-17,24-25,28-29,31-38H,9-13,18-23,26-27,30,39-44H2,1-8H3,(H2,61,65,66,67,68)/p+1/b48-34+,54-38+. The summed E-state index contributed by atoms with van der Waals surface area (Å²) in [5.74, 6) is -0.107. The maximum Gasteiger partial charge on any atom is 0.264 e. The molecule has 71 heavy (non-hydrogen) atoms. The lowest BCUT2D eigenvalue weighted by molar-refractivity contribution is -0.438. The van der Waals surface area contributed by atoms with E-state index >= 15 is 0 Å². The van der Waals surface area contributed by atoms with Gasteiger partial charge in [-0.2, -0.15) is 13.0 Å². The van der Waals surface area contributed by atoms with Gasteiger partial charge in [0.05, 0.1) is 11.2 Å². The first-order valence-electron chi connectivity index (χ1n) is 26.9. The number of anilines is 1. The first kappa shape index (κ1) is 54.0. The molecule has 0 spiro atoms. The Balaban J connectivity index is 1.19. The van der Waals surface area contributed by atoms with Gasteiger partial charge in [0, 0.05) is 79.3 Å². The number of hydrogen-bond donors (Lipinski definition) is 3. The zero-order chi connectivity index (χ0) is 50.8. The quantitative estimate of drug-likeness (QED) is 0.0262. The molecule has 11 heteroatoms. The fourth-order valence-corrected chi connectivity index (χ4v) is 14.1. The number of carbonyl (C=O) groups excluding carboxylic acids is 1. The van der Waals surface area contributed by atoms with Crippen molar-refractivity contribution < 1.29 is 26.8 Å². The molecule has 0 saturated carbocycles. The van der Waals surface area contributed by atoms with Crippen LogP contribution in [0.3, 0.4) is 0 Å². The van der Waals surface area contributed by atoms with E-state index in [0.717, 1.165) is 82.8 Å². The number of carbonyl (C=O) groups is 1. The minimum absolute atomic E-state index is 0.137. The van der Waals surface area contributed by atoms with E-state index in [4.69, 9.17) is 4.43 Å². The zero-order valence-corrected chi connectivity index (χ0v) is 46.1. The Kier molecular flexibility index (Phi) is 18.1. The molecule has 2 heterocycles. The highest BCUT2D eigenvalue weighted by atomic mass is 32.2. The van der Waals surface area contributed by atoms with E-state index < -0.39 is 18.4 Å². The van der Waals surface area contributed by atoms with Crippen molar-refractivity contribution in [3.63, 3.8) is 0 Å². The van der Waals surface area contributed by atoms with Crippen molar-refractivity contribution in [2.24, 2.45) is 0 Å². The third-order valence-electron chi connectivity index (χ3n) is 15.1. The minimum Gasteiger partial charge on any atom is -0.418 e. The summed E-state index contributed by atoms with van der Waals surface area (Å²) in [6, 6.07) is 27.5. The molecule has 0 atom stereocenters. The van der Waals surface area contributed by atoms with Crippen LogP contribution in [0.2, 0.25) is 19.1 Å². The first-order chi connectivity index (χ1) is 34.0. The number of benzene rings is 4. The van der Waals surface area contributed by atoms with Crippen molar-refractivity contribution in [2.75, 3.05) is 43.4 Å². The molecule has 1 amide bonds. The fourth-order valence-electron chi connectivity index (χ4n) is 11.6. The molecule has 0 radical (unpaired) electrons. The highest BCUT2D eigenvalue weighted by Gasteiger charge is 2.45. The number of hydrogen-bond acceptors (Lipinski definition) is 6. The summed E-state index contributed by atoms with van der Waals surface area (Å²) in [6.07, 6.45) is 21.3. The molecule has 2 aliphatic heterocycles. The van der Waals surface area contributed by atoms with E-state index in [0.29, 0.717) is 32.4 Å². The molecule has 0 unspecified atom stereocenters. The van der Waals surface area contributed by atoms with E-state index in [2.05, 4.69) is 172 Å². The van der Waals surface area contributed by atoms with Crippen LogP contribution in [-0.4, -0.2) is 76.0 Å². The summed E-state index contributed by atoms with van der Waals surface area (Å²) in [5, 5.41) is 12.2. The monoisotopic (exact) mass is 1000 g/mol. The molecular formula is C60H83N4O5SSi+. The van der Waals surface area contributed by atoms with Crippen LogP contribution in [0, 0.1) is 0 Å². The van der Waals surface area contributed by atoms with Crippen molar-refractivity contribution in [1.82, 2.24) is 10.6 Å². The molecule has 3 aliphatic rings. The number of unbranched alkanes of at least 4 members (excludes halogenated alkanes) is 5. The predicted molar refractivity (Wildman–Crippen MR) is 300 cm³/mol. The second-order valence-electron chi connectivity index (χ2n) is 21.7. The predicted octanol–water partition coefficient (Wildman–Crippen LogP) is 13.7. The van der Waals surface area contributed by atoms with E-state index in [1.54, 1.807) is 0 Å². The average molecular weight is 1000 g/mol. The smallest absolute Gasteiger partial charge is 0.264 e. The van der Waals surface area contributed by atoms with Gasteiger partial charge in [0.1, 0.15) is 6.54 Å². The lowest BCUT2D eigenvalue weighted by Crippen LogP contribution is -2.32. The first-order valence-corrected chi connectivity index (χ1v) is 31.6. The number of nitrogens with zero attached hydrogens (tertiary/aromatic N) is 2. The van der Waals surface area contributed by atoms with Gasteiger partial charge in [0.15, 0.2) is 14.0 Å². The normalized spacial score (nSPS) is 17.9. The van der Waals surface area contributed by atoms with E-state index in [1.165, 1.54) is 79.5 Å². The molecule has 1 aliphatic carbocycles. The lowest BCUT2D eigenvalue weighted by atomic mass is 9.78. The molecule has 0 bridgehead atoms. The maximum atomic E-state index is 12.8. The summed E-state index contributed by atoms with van der Waals surface area (Å²) < 4.78 is 41.6. The van der Waals surface area contributed by atoms with Gasteiger partial charge in [-0.1, -0.05) is 100 Å². The summed E-state index contributed by atoms with van der Waals surface area (Å²) in [4.78, 5) is 15.2. The van der Waals surface area contributed by atoms with Crippen molar-refractivity contribution in [2.45, 2.75) is 155 Å². The molecule has 7 rings (SSSR count). The summed E-state index contributed by atoms with van der Waals surface area (Å²) in [5.41, 5.74) is 11.0. The SMILES string of the molecule is CCCCC[N+]1=C(/C=C/C2=C(NCCCCCC(=O)NCCC[Si](C)(C)OCC)C(=C/C=C3/N(CCCCS(=O)(=O)O)c4ccc5ccccc5c4C3(C)C)/CCC2)C(C)(C)c2c1ccc1ccccc21. The van der Waals surface area contributed by atoms with Gasteiger partial charge < -0.3 is 20.0 Å². The Morgan fingerprint density at radius 2 is 1.51 bits per heavy atom. The second kappa shape index (κ2) is 23.8. The fraction of sp³-hybridized carbons (Fsp3) is 0.500. The molecule has 3 N–H and O–H groups in total. The van der Waals surface area contributed by atoms with Gasteiger partial charge in [-0.05, 0) is 154 Å². The van der Waals surface area contributed by atoms with Crippen LogP contribution in [0.1, 0.15) is 136 Å². The lowest BCUT2D eigenvalue weighted by Gasteiger charge is -2.28. The average Bonchev–Trinajstić information content (AvgIpc) is 3.69. The number of amides is 1. The summed E-state index contributed by atoms with van der Waals surface area (Å²) in [7, 11) is -5.69. The third-order valence-corrected chi connectivity index (χ3v) is 18.6. The van der Waals surface area contributed by atoms with Crippen LogP contribution in [0.25, 0.3) is 21.5 Å². The van der Waals surface area contributed by atoms with Gasteiger partial charge in [-0.15, -0.1) is 0 Å². The number of allylic oxidation sites excluding steroid dienone is 7. The number of rotatable bonds is 25. The molecule has 4 aromatic carbocycles. The van der Waals surface area contributed by atoms with E-state index in [9.17, 15) is 17.8 Å². The van der Waals surface area contributed by atoms with Crippen LogP contribution >= 0.6 is 0 Å². The molecule has 0 saturated heterocycles. The molecular weight excluding hydrogens is 917 g/mol. The number of fused-ring (bicyclic) bond motifs is 6. The second-order valence-corrected chi connectivity index (χ2v) is 27.6. The van der Waals surface area contributed by atoms with Crippen molar-refractivity contribution in [3.05, 3.63) is 131 Å². The van der Waals surface area contributed by atoms with Gasteiger partial charge >= 0.3 is 0 Å². The maximum absolute atomic E-state index is 12.8. The van der Waals surface area contributed by atoms with Gasteiger partial charge in [0.2, 0.25) is 11.6 Å². The van der Waals surface area contributed by atoms with Crippen molar-refractivity contribution in [1.29, 1.82) is 0 Å². The van der Waals surface area contributed by atoms with Crippen LogP contribution in [-0.2, 0) is 30.2 Å². The topological polar surface area (TPSA) is 111 Å². The van der Waals surface area contributed by atoms with Crippen LogP contribution in [0.15, 0.2) is 120 Å². The summed E-state index contributed by atoms with van der Waals surface area (Å²) >= 11 is 0. The van der Waals surface area contributed by atoms with E-state index in [-0.39, 0.29) is 22.5 Å². The Labute approximate surface area is 427 Å². The minimum atomic E-state index is -4.04. The van der Waals surface area contributed by atoms with Crippen LogP contribution < -0.4 is 15.5 Å². The van der Waals surface area contributed by atoms with E-state index in [1.807, 2.05) is 0 Å². The Morgan fingerprint density at radius 3 is 2.23 bits per heavy atom. The van der Waals surface area contributed by atoms with Gasteiger partial charge in [-0.3, -0.25) is 9.35 Å². The van der Waals surface area contributed by atoms with Crippen LogP contribution in [0.5, 0.6) is 0 Å². The largest absolute Gasteiger partial charge is 0.418 e. The van der Waals surface area contributed by atoms with Crippen molar-refractivity contribution >= 4 is 63.0 Å². The Morgan fingerprint density at radius 1 is 0.789 bits per heavy atom. The highest BCUT2D eigenvalue weighted by molar-refractivity contribution is 7.85. The number of nitrogens with one attached hydrogen (secondary N) is 2. The highest BCUT2D eigenvalue weighted by Crippen LogP contribution is 2.51. The zero-order valence-electron chi connectivity index (χ0n) is 44.3. The molecule has 0 aromatic heterocycles. The summed E-state index contributed by atoms with van der Waals surface area (Å²) in [6.45, 7) is 22.1. The van der Waals surface area contributed by atoms with Crippen LogP contribution in [0.4, 0.5) is 11.4 Å². The van der Waals surface area contributed by atoms with Crippen molar-refractivity contribution in [3.8, 4) is 0 Å². The Bertz CT molecular complexity index is 2820. The third kappa shape index (κ3) is 13.1. The molecule has 9 nitrogen and oxygen atoms in total.